The highest BCUT2D eigenvalue weighted by atomic mass is 19.1. The van der Waals surface area contributed by atoms with E-state index in [2.05, 4.69) is 9.74 Å². The summed E-state index contributed by atoms with van der Waals surface area (Å²) >= 11 is 0. The molecular formula is C20H26FN3O4. The Kier molecular flexibility index (Phi) is 5.77. The first-order chi connectivity index (χ1) is 13.2. The number of morpholine rings is 1. The Morgan fingerprint density at radius 1 is 1.32 bits per heavy atom. The molecule has 0 N–H and O–H groups in total. The number of rotatable bonds is 2. The number of fused-ring (bicyclic) bond motifs is 1. The zero-order valence-electron chi connectivity index (χ0n) is 16.7. The van der Waals surface area contributed by atoms with Gasteiger partial charge in [-0.1, -0.05) is 6.07 Å². The van der Waals surface area contributed by atoms with Gasteiger partial charge >= 0.3 is 6.09 Å². The lowest BCUT2D eigenvalue weighted by atomic mass is 10.0. The highest BCUT2D eigenvalue weighted by Crippen LogP contribution is 2.37. The third-order valence-corrected chi connectivity index (χ3v) is 4.93. The molecule has 2 saturated heterocycles. The summed E-state index contributed by atoms with van der Waals surface area (Å²) < 4.78 is 31.2. The fraction of sp³-hybridized carbons (Fsp3) is 0.600. The Balaban J connectivity index is 1.68. The van der Waals surface area contributed by atoms with Crippen LogP contribution in [0.4, 0.5) is 14.9 Å². The lowest BCUT2D eigenvalue weighted by Crippen LogP contribution is -2.60. The van der Waals surface area contributed by atoms with Gasteiger partial charge in [-0.15, -0.1) is 0 Å². The van der Waals surface area contributed by atoms with E-state index in [1.807, 2.05) is 20.8 Å². The number of hydrogen-bond acceptors (Lipinski definition) is 5. The SMILES string of the molecule is [C-]#[N+]c1c(OC)ccc([C@H]2CN3CCN(C(=O)OC(C)(C)C)C[C@H]3CO2)c1F. The first-order valence-corrected chi connectivity index (χ1v) is 9.31. The third-order valence-electron chi connectivity index (χ3n) is 4.93. The lowest BCUT2D eigenvalue weighted by Gasteiger charge is -2.46. The molecule has 2 aliphatic rings. The number of methoxy groups -OCH3 is 1. The Morgan fingerprint density at radius 3 is 2.71 bits per heavy atom. The second kappa shape index (κ2) is 7.94. The Morgan fingerprint density at radius 2 is 2.07 bits per heavy atom. The van der Waals surface area contributed by atoms with Crippen LogP contribution in [0, 0.1) is 12.4 Å². The second-order valence-corrected chi connectivity index (χ2v) is 8.03. The summed E-state index contributed by atoms with van der Waals surface area (Å²) in [5.74, 6) is -0.374. The normalized spacial score (nSPS) is 22.9. The molecule has 28 heavy (non-hydrogen) atoms. The number of carbonyl (C=O) groups excluding carboxylic acids is 1. The standard InChI is InChI=1S/C20H26FN3O4/c1-20(2,3)28-19(25)24-9-8-23-11-16(27-12-13(23)10-24)14-6-7-15(26-5)18(22-4)17(14)21/h6-7,13,16H,8-12H2,1-3,5H3/t13-,16+/m0/s1. The average Bonchev–Trinajstić information content (AvgIpc) is 2.65. The summed E-state index contributed by atoms with van der Waals surface area (Å²) in [7, 11) is 1.41. The predicted molar refractivity (Wildman–Crippen MR) is 101 cm³/mol. The molecule has 2 aliphatic heterocycles. The van der Waals surface area contributed by atoms with E-state index >= 15 is 0 Å². The minimum Gasteiger partial charge on any atom is -0.508 e. The van der Waals surface area contributed by atoms with Crippen molar-refractivity contribution in [2.75, 3.05) is 39.9 Å². The van der Waals surface area contributed by atoms with Gasteiger partial charge in [-0.3, -0.25) is 4.90 Å². The van der Waals surface area contributed by atoms with Crippen molar-refractivity contribution < 1.29 is 23.4 Å². The van der Waals surface area contributed by atoms with Crippen LogP contribution in [0.1, 0.15) is 32.4 Å². The van der Waals surface area contributed by atoms with Gasteiger partial charge in [0.25, 0.3) is 5.69 Å². The molecule has 0 radical (unpaired) electrons. The average molecular weight is 391 g/mol. The topological polar surface area (TPSA) is 55.6 Å². The largest absolute Gasteiger partial charge is 0.508 e. The lowest BCUT2D eigenvalue weighted by molar-refractivity contribution is -0.0915. The molecular weight excluding hydrogens is 365 g/mol. The van der Waals surface area contributed by atoms with E-state index in [4.69, 9.17) is 20.8 Å². The van der Waals surface area contributed by atoms with Crippen LogP contribution < -0.4 is 4.74 Å². The highest BCUT2D eigenvalue weighted by Gasteiger charge is 2.37. The Bertz CT molecular complexity index is 787. The van der Waals surface area contributed by atoms with Gasteiger partial charge in [0.15, 0.2) is 0 Å². The molecule has 0 unspecified atom stereocenters. The van der Waals surface area contributed by atoms with Crippen molar-refractivity contribution in [2.45, 2.75) is 38.5 Å². The summed E-state index contributed by atoms with van der Waals surface area (Å²) in [6, 6.07) is 3.26. The quantitative estimate of drug-likeness (QED) is 0.724. The molecule has 2 heterocycles. The van der Waals surface area contributed by atoms with Gasteiger partial charge in [-0.25, -0.2) is 14.0 Å². The molecule has 3 rings (SSSR count). The van der Waals surface area contributed by atoms with E-state index in [1.54, 1.807) is 17.0 Å². The van der Waals surface area contributed by atoms with Crippen molar-refractivity contribution in [3.05, 3.63) is 34.9 Å². The Labute approximate surface area is 164 Å². The van der Waals surface area contributed by atoms with E-state index in [0.717, 1.165) is 0 Å². The number of nitrogens with zero attached hydrogens (tertiary/aromatic N) is 3. The van der Waals surface area contributed by atoms with Crippen LogP contribution in [0.5, 0.6) is 5.75 Å². The minimum absolute atomic E-state index is 0.0409. The molecule has 0 spiro atoms. The summed E-state index contributed by atoms with van der Waals surface area (Å²) in [5.41, 5.74) is -0.296. The molecule has 2 fully saturated rings. The summed E-state index contributed by atoms with van der Waals surface area (Å²) in [4.78, 5) is 19.5. The van der Waals surface area contributed by atoms with Crippen LogP contribution in [-0.4, -0.2) is 67.4 Å². The maximum absolute atomic E-state index is 14.8. The van der Waals surface area contributed by atoms with Crippen LogP contribution in [0.25, 0.3) is 4.85 Å². The molecule has 1 aromatic rings. The van der Waals surface area contributed by atoms with E-state index in [-0.39, 0.29) is 23.6 Å². The number of carbonyl (C=O) groups is 1. The van der Waals surface area contributed by atoms with Crippen molar-refractivity contribution >= 4 is 11.8 Å². The van der Waals surface area contributed by atoms with Crippen molar-refractivity contribution in [2.24, 2.45) is 0 Å². The van der Waals surface area contributed by atoms with Gasteiger partial charge < -0.3 is 19.1 Å². The third kappa shape index (κ3) is 4.21. The molecule has 1 aromatic carbocycles. The van der Waals surface area contributed by atoms with E-state index < -0.39 is 17.5 Å². The smallest absolute Gasteiger partial charge is 0.410 e. The number of ether oxygens (including phenoxy) is 3. The van der Waals surface area contributed by atoms with Crippen molar-refractivity contribution in [1.29, 1.82) is 0 Å². The fourth-order valence-electron chi connectivity index (χ4n) is 3.54. The maximum atomic E-state index is 14.8. The van der Waals surface area contributed by atoms with Crippen LogP contribution in [0.2, 0.25) is 0 Å². The van der Waals surface area contributed by atoms with Crippen LogP contribution in [0.3, 0.4) is 0 Å². The fourth-order valence-corrected chi connectivity index (χ4v) is 3.54. The Hall–Kier alpha value is -2.37. The molecule has 1 amide bonds. The van der Waals surface area contributed by atoms with Crippen molar-refractivity contribution in [1.82, 2.24) is 9.80 Å². The van der Waals surface area contributed by atoms with Gasteiger partial charge in [-0.05, 0) is 26.8 Å². The number of hydrogen-bond donors (Lipinski definition) is 0. The predicted octanol–water partition coefficient (Wildman–Crippen LogP) is 3.38. The second-order valence-electron chi connectivity index (χ2n) is 8.03. The summed E-state index contributed by atoms with van der Waals surface area (Å²) in [5, 5.41) is 0. The minimum atomic E-state index is -0.592. The molecule has 8 heteroatoms. The zero-order valence-corrected chi connectivity index (χ0v) is 16.7. The van der Waals surface area contributed by atoms with Gasteiger partial charge in [0.05, 0.1) is 32.4 Å². The number of halogens is 1. The van der Waals surface area contributed by atoms with Crippen LogP contribution >= 0.6 is 0 Å². The molecule has 0 aliphatic carbocycles. The zero-order chi connectivity index (χ0) is 20.5. The van der Waals surface area contributed by atoms with Gasteiger partial charge in [-0.2, -0.15) is 0 Å². The summed E-state index contributed by atoms with van der Waals surface area (Å²) in [6.45, 7) is 15.4. The van der Waals surface area contributed by atoms with Gasteiger partial charge in [0.1, 0.15) is 17.2 Å². The summed E-state index contributed by atoms with van der Waals surface area (Å²) in [6.07, 6.45) is -0.784. The molecule has 7 nitrogen and oxygen atoms in total. The first kappa shape index (κ1) is 20.4. The van der Waals surface area contributed by atoms with Gasteiger partial charge in [0, 0.05) is 31.7 Å². The highest BCUT2D eigenvalue weighted by molar-refractivity contribution is 5.68. The van der Waals surface area contributed by atoms with Crippen molar-refractivity contribution in [3.8, 4) is 5.75 Å². The number of amides is 1. The van der Waals surface area contributed by atoms with Crippen LogP contribution in [-0.2, 0) is 9.47 Å². The molecule has 152 valence electrons. The molecule has 2 atom stereocenters. The molecule has 0 aromatic heterocycles. The molecule has 0 saturated carbocycles. The van der Waals surface area contributed by atoms with Gasteiger partial charge in [0.2, 0.25) is 0 Å². The monoisotopic (exact) mass is 391 g/mol. The van der Waals surface area contributed by atoms with Crippen molar-refractivity contribution in [3.63, 3.8) is 0 Å². The van der Waals surface area contributed by atoms with E-state index in [9.17, 15) is 9.18 Å². The maximum Gasteiger partial charge on any atom is 0.410 e. The number of benzene rings is 1. The molecule has 0 bridgehead atoms. The first-order valence-electron chi connectivity index (χ1n) is 9.31. The number of piperazine rings is 1. The van der Waals surface area contributed by atoms with E-state index in [1.165, 1.54) is 7.11 Å². The van der Waals surface area contributed by atoms with E-state index in [0.29, 0.717) is 38.3 Å². The van der Waals surface area contributed by atoms with Crippen LogP contribution in [0.15, 0.2) is 12.1 Å².